The Morgan fingerprint density at radius 3 is 2.39 bits per heavy atom. The number of phenolic OH excluding ortho intramolecular Hbond substituents is 1. The first-order valence-electron chi connectivity index (χ1n) is 6.16. The van der Waals surface area contributed by atoms with Gasteiger partial charge in [-0.3, -0.25) is 9.69 Å². The van der Waals surface area contributed by atoms with Crippen LogP contribution in [0, 0.1) is 0 Å². The van der Waals surface area contributed by atoms with Crippen LogP contribution < -0.4 is 4.74 Å². The van der Waals surface area contributed by atoms with Crippen LogP contribution in [0.5, 0.6) is 11.5 Å². The summed E-state index contributed by atoms with van der Waals surface area (Å²) in [4.78, 5) is 13.6. The molecule has 1 aromatic carbocycles. The van der Waals surface area contributed by atoms with E-state index >= 15 is 0 Å². The lowest BCUT2D eigenvalue weighted by atomic mass is 10.1. The first-order valence-corrected chi connectivity index (χ1v) is 6.16. The van der Waals surface area contributed by atoms with Crippen molar-refractivity contribution in [2.45, 2.75) is 27.3 Å². The molecule has 0 atom stereocenters. The molecule has 1 rings (SSSR count). The van der Waals surface area contributed by atoms with Crippen LogP contribution in [0.4, 0.5) is 0 Å². The number of benzene rings is 1. The summed E-state index contributed by atoms with van der Waals surface area (Å²) < 4.78 is 5.10. The van der Waals surface area contributed by atoms with E-state index in [0.717, 1.165) is 18.7 Å². The van der Waals surface area contributed by atoms with E-state index in [2.05, 4.69) is 18.7 Å². The van der Waals surface area contributed by atoms with Crippen molar-refractivity contribution in [1.29, 1.82) is 0 Å². The number of rotatable bonds is 6. The lowest BCUT2D eigenvalue weighted by Crippen LogP contribution is -2.22. The highest BCUT2D eigenvalue weighted by Gasteiger charge is 2.14. The molecule has 0 amide bonds. The number of nitrogens with zero attached hydrogens (tertiary/aromatic N) is 1. The van der Waals surface area contributed by atoms with E-state index < -0.39 is 0 Å². The minimum atomic E-state index is -0.0332. The van der Waals surface area contributed by atoms with Gasteiger partial charge in [-0.1, -0.05) is 13.8 Å². The molecular weight excluding hydrogens is 230 g/mol. The van der Waals surface area contributed by atoms with Gasteiger partial charge in [0.05, 0.1) is 7.11 Å². The van der Waals surface area contributed by atoms with Crippen LogP contribution >= 0.6 is 0 Å². The summed E-state index contributed by atoms with van der Waals surface area (Å²) in [6, 6.07) is 3.31. The lowest BCUT2D eigenvalue weighted by molar-refractivity contribution is 0.101. The minimum absolute atomic E-state index is 0.0332. The van der Waals surface area contributed by atoms with Gasteiger partial charge in [-0.05, 0) is 32.1 Å². The third-order valence-electron chi connectivity index (χ3n) is 3.07. The number of hydrogen-bond acceptors (Lipinski definition) is 4. The Labute approximate surface area is 108 Å². The van der Waals surface area contributed by atoms with E-state index in [-0.39, 0.29) is 11.5 Å². The van der Waals surface area contributed by atoms with Crippen LogP contribution in [0.1, 0.15) is 36.7 Å². The summed E-state index contributed by atoms with van der Waals surface area (Å²) in [5.74, 6) is 0.438. The average Bonchev–Trinajstić information content (AvgIpc) is 2.37. The van der Waals surface area contributed by atoms with Crippen LogP contribution in [0.25, 0.3) is 0 Å². The van der Waals surface area contributed by atoms with Crippen LogP contribution in [0.2, 0.25) is 0 Å². The Morgan fingerprint density at radius 2 is 1.94 bits per heavy atom. The molecule has 0 spiro atoms. The molecule has 0 unspecified atom stereocenters. The predicted octanol–water partition coefficient (Wildman–Crippen LogP) is 2.45. The molecule has 1 aromatic rings. The number of aromatic hydroxyl groups is 1. The molecule has 18 heavy (non-hydrogen) atoms. The van der Waals surface area contributed by atoms with E-state index in [9.17, 15) is 9.90 Å². The Kier molecular flexibility index (Phi) is 5.16. The van der Waals surface area contributed by atoms with Crippen molar-refractivity contribution in [3.05, 3.63) is 23.3 Å². The molecular formula is C14H21NO3. The molecule has 0 saturated heterocycles. The molecule has 0 heterocycles. The van der Waals surface area contributed by atoms with Crippen molar-refractivity contribution in [2.75, 3.05) is 20.2 Å². The average molecular weight is 251 g/mol. The second-order valence-electron chi connectivity index (χ2n) is 4.20. The van der Waals surface area contributed by atoms with Gasteiger partial charge in [-0.15, -0.1) is 0 Å². The smallest absolute Gasteiger partial charge is 0.162 e. The summed E-state index contributed by atoms with van der Waals surface area (Å²) in [6.45, 7) is 8.02. The van der Waals surface area contributed by atoms with Crippen molar-refractivity contribution >= 4 is 5.78 Å². The molecule has 0 aliphatic rings. The lowest BCUT2D eigenvalue weighted by Gasteiger charge is -2.20. The van der Waals surface area contributed by atoms with Crippen molar-refractivity contribution in [3.8, 4) is 11.5 Å². The maximum Gasteiger partial charge on any atom is 0.162 e. The molecule has 0 aromatic heterocycles. The highest BCUT2D eigenvalue weighted by molar-refractivity contribution is 5.95. The molecule has 1 N–H and O–H groups in total. The van der Waals surface area contributed by atoms with Crippen LogP contribution in [0.15, 0.2) is 12.1 Å². The monoisotopic (exact) mass is 251 g/mol. The summed E-state index contributed by atoms with van der Waals surface area (Å²) in [5, 5.41) is 10.1. The molecule has 0 aliphatic carbocycles. The van der Waals surface area contributed by atoms with Gasteiger partial charge in [-0.25, -0.2) is 0 Å². The Balaban J connectivity index is 3.16. The van der Waals surface area contributed by atoms with E-state index in [1.165, 1.54) is 14.0 Å². The fraction of sp³-hybridized carbons (Fsp3) is 0.500. The van der Waals surface area contributed by atoms with Crippen molar-refractivity contribution in [2.24, 2.45) is 0 Å². The number of carbonyl (C=O) groups is 1. The standard InChI is InChI=1S/C14H21NO3/c1-5-15(6-2)9-12-7-11(10(3)16)8-13(18-4)14(12)17/h7-8,17H,5-6,9H2,1-4H3. The van der Waals surface area contributed by atoms with Crippen LogP contribution in [-0.4, -0.2) is 36.0 Å². The van der Waals surface area contributed by atoms with Gasteiger partial charge in [0, 0.05) is 17.7 Å². The van der Waals surface area contributed by atoms with Gasteiger partial charge < -0.3 is 9.84 Å². The zero-order valence-electron chi connectivity index (χ0n) is 11.5. The molecule has 0 aliphatic heterocycles. The minimum Gasteiger partial charge on any atom is -0.504 e. The van der Waals surface area contributed by atoms with E-state index in [1.54, 1.807) is 12.1 Å². The fourth-order valence-electron chi connectivity index (χ4n) is 1.83. The normalized spacial score (nSPS) is 10.7. The van der Waals surface area contributed by atoms with Gasteiger partial charge in [0.15, 0.2) is 17.3 Å². The molecule has 4 heteroatoms. The number of ketones is 1. The van der Waals surface area contributed by atoms with E-state index in [0.29, 0.717) is 17.9 Å². The predicted molar refractivity (Wildman–Crippen MR) is 71.3 cm³/mol. The maximum absolute atomic E-state index is 11.5. The quantitative estimate of drug-likeness (QED) is 0.789. The summed E-state index contributed by atoms with van der Waals surface area (Å²) in [7, 11) is 1.49. The number of hydrogen-bond donors (Lipinski definition) is 1. The third-order valence-corrected chi connectivity index (χ3v) is 3.07. The second-order valence-corrected chi connectivity index (χ2v) is 4.20. The molecule has 0 bridgehead atoms. The van der Waals surface area contributed by atoms with Crippen molar-refractivity contribution < 1.29 is 14.6 Å². The molecule has 4 nitrogen and oxygen atoms in total. The fourth-order valence-corrected chi connectivity index (χ4v) is 1.83. The molecule has 0 saturated carbocycles. The Bertz CT molecular complexity index is 425. The summed E-state index contributed by atoms with van der Waals surface area (Å²) in [6.07, 6.45) is 0. The topological polar surface area (TPSA) is 49.8 Å². The van der Waals surface area contributed by atoms with Crippen LogP contribution in [-0.2, 0) is 6.54 Å². The zero-order chi connectivity index (χ0) is 13.7. The van der Waals surface area contributed by atoms with Crippen LogP contribution in [0.3, 0.4) is 0 Å². The summed E-state index contributed by atoms with van der Waals surface area (Å²) in [5.41, 5.74) is 1.29. The summed E-state index contributed by atoms with van der Waals surface area (Å²) >= 11 is 0. The Hall–Kier alpha value is -1.55. The number of phenols is 1. The number of carbonyl (C=O) groups excluding carboxylic acids is 1. The largest absolute Gasteiger partial charge is 0.504 e. The van der Waals surface area contributed by atoms with Gasteiger partial charge in [0.1, 0.15) is 0 Å². The molecule has 100 valence electrons. The van der Waals surface area contributed by atoms with Gasteiger partial charge in [0.25, 0.3) is 0 Å². The first kappa shape index (κ1) is 14.5. The second kappa shape index (κ2) is 6.40. The number of ether oxygens (including phenoxy) is 1. The van der Waals surface area contributed by atoms with E-state index in [1.807, 2.05) is 0 Å². The third kappa shape index (κ3) is 3.23. The number of Topliss-reactive ketones (excluding diaryl/α,β-unsaturated/α-hetero) is 1. The van der Waals surface area contributed by atoms with Crippen molar-refractivity contribution in [3.63, 3.8) is 0 Å². The Morgan fingerprint density at radius 1 is 1.33 bits per heavy atom. The molecule has 0 fully saturated rings. The van der Waals surface area contributed by atoms with Gasteiger partial charge >= 0.3 is 0 Å². The first-order chi connectivity index (χ1) is 8.53. The maximum atomic E-state index is 11.5. The SMILES string of the molecule is CCN(CC)Cc1cc(C(C)=O)cc(OC)c1O. The van der Waals surface area contributed by atoms with Gasteiger partial charge in [0.2, 0.25) is 0 Å². The highest BCUT2D eigenvalue weighted by Crippen LogP contribution is 2.32. The van der Waals surface area contributed by atoms with E-state index in [4.69, 9.17) is 4.74 Å². The van der Waals surface area contributed by atoms with Gasteiger partial charge in [-0.2, -0.15) is 0 Å². The highest BCUT2D eigenvalue weighted by atomic mass is 16.5. The number of methoxy groups -OCH3 is 1. The molecule has 0 radical (unpaired) electrons. The van der Waals surface area contributed by atoms with Crippen molar-refractivity contribution in [1.82, 2.24) is 4.90 Å². The zero-order valence-corrected chi connectivity index (χ0v) is 11.5.